The molecule has 2 amide bonds. The Hall–Kier alpha value is -1.85. The lowest BCUT2D eigenvalue weighted by Crippen LogP contribution is -2.36. The number of rotatable bonds is 4. The van der Waals surface area contributed by atoms with Crippen LogP contribution in [0.4, 0.5) is 5.69 Å². The van der Waals surface area contributed by atoms with Crippen molar-refractivity contribution in [2.24, 2.45) is 0 Å². The van der Waals surface area contributed by atoms with E-state index in [0.717, 1.165) is 10.0 Å². The number of hydrogen-bond acceptors (Lipinski definition) is 2. The summed E-state index contributed by atoms with van der Waals surface area (Å²) < 4.78 is 0.720. The van der Waals surface area contributed by atoms with Crippen molar-refractivity contribution < 1.29 is 9.59 Å². The van der Waals surface area contributed by atoms with Gasteiger partial charge in [0, 0.05) is 16.0 Å². The van der Waals surface area contributed by atoms with E-state index >= 15 is 0 Å². The maximum Gasteiger partial charge on any atom is 0.313 e. The molecule has 2 aromatic rings. The highest BCUT2D eigenvalue weighted by molar-refractivity contribution is 9.10. The Balaban J connectivity index is 1.80. The van der Waals surface area contributed by atoms with Crippen LogP contribution in [0.1, 0.15) is 5.56 Å². The molecule has 0 atom stereocenters. The Kier molecular flexibility index (Phi) is 5.98. The third-order valence-corrected chi connectivity index (χ3v) is 3.88. The highest BCUT2D eigenvalue weighted by Gasteiger charge is 2.14. The van der Waals surface area contributed by atoms with Gasteiger partial charge in [-0.25, -0.2) is 0 Å². The molecular weight excluding hydrogens is 368 g/mol. The maximum absolute atomic E-state index is 11.8. The van der Waals surface area contributed by atoms with Crippen molar-refractivity contribution >= 4 is 45.0 Å². The van der Waals surface area contributed by atoms with Gasteiger partial charge in [-0.3, -0.25) is 9.59 Å². The van der Waals surface area contributed by atoms with Crippen LogP contribution in [0.15, 0.2) is 53.0 Å². The number of benzene rings is 2. The SMILES string of the molecule is O=C(NCCc1ccc(Cl)cc1)C(=O)Nc1ccccc1Br. The summed E-state index contributed by atoms with van der Waals surface area (Å²) in [5.41, 5.74) is 1.59. The lowest BCUT2D eigenvalue weighted by molar-refractivity contribution is -0.136. The number of para-hydroxylation sites is 1. The summed E-state index contributed by atoms with van der Waals surface area (Å²) in [6, 6.07) is 14.4. The van der Waals surface area contributed by atoms with Crippen molar-refractivity contribution in [3.05, 3.63) is 63.6 Å². The van der Waals surface area contributed by atoms with Crippen LogP contribution in [0.2, 0.25) is 5.02 Å². The minimum atomic E-state index is -0.692. The van der Waals surface area contributed by atoms with Gasteiger partial charge in [0.25, 0.3) is 0 Å². The summed E-state index contributed by atoms with van der Waals surface area (Å²) in [6.45, 7) is 0.379. The third kappa shape index (κ3) is 4.86. The van der Waals surface area contributed by atoms with Gasteiger partial charge in [0.2, 0.25) is 0 Å². The zero-order valence-electron chi connectivity index (χ0n) is 11.6. The smallest absolute Gasteiger partial charge is 0.313 e. The van der Waals surface area contributed by atoms with E-state index in [0.29, 0.717) is 23.7 Å². The minimum Gasteiger partial charge on any atom is -0.347 e. The van der Waals surface area contributed by atoms with Gasteiger partial charge in [0.05, 0.1) is 5.69 Å². The molecule has 0 aliphatic carbocycles. The number of hydrogen-bond donors (Lipinski definition) is 2. The Morgan fingerprint density at radius 1 is 1.00 bits per heavy atom. The van der Waals surface area contributed by atoms with E-state index in [4.69, 9.17) is 11.6 Å². The van der Waals surface area contributed by atoms with E-state index < -0.39 is 11.8 Å². The summed E-state index contributed by atoms with van der Waals surface area (Å²) in [5, 5.41) is 5.80. The number of carbonyl (C=O) groups excluding carboxylic acids is 2. The first-order chi connectivity index (χ1) is 10.6. The maximum atomic E-state index is 11.8. The Morgan fingerprint density at radius 2 is 1.68 bits per heavy atom. The topological polar surface area (TPSA) is 58.2 Å². The Bertz CT molecular complexity index is 674. The molecule has 0 aliphatic heterocycles. The molecule has 114 valence electrons. The first-order valence-electron chi connectivity index (χ1n) is 6.64. The van der Waals surface area contributed by atoms with E-state index in [-0.39, 0.29) is 0 Å². The molecule has 0 spiro atoms. The molecule has 0 radical (unpaired) electrons. The number of carbonyl (C=O) groups is 2. The average molecular weight is 382 g/mol. The van der Waals surface area contributed by atoms with Gasteiger partial charge in [0.15, 0.2) is 0 Å². The molecule has 2 aromatic carbocycles. The molecular formula is C16H14BrClN2O2. The fraction of sp³-hybridized carbons (Fsp3) is 0.125. The van der Waals surface area contributed by atoms with Gasteiger partial charge >= 0.3 is 11.8 Å². The summed E-state index contributed by atoms with van der Waals surface area (Å²) >= 11 is 9.11. The Morgan fingerprint density at radius 3 is 2.36 bits per heavy atom. The molecule has 0 fully saturated rings. The van der Waals surface area contributed by atoms with E-state index in [1.54, 1.807) is 30.3 Å². The number of anilines is 1. The molecule has 2 N–H and O–H groups in total. The zero-order valence-corrected chi connectivity index (χ0v) is 13.9. The largest absolute Gasteiger partial charge is 0.347 e. The number of nitrogens with one attached hydrogen (secondary N) is 2. The molecule has 22 heavy (non-hydrogen) atoms. The molecule has 6 heteroatoms. The van der Waals surface area contributed by atoms with Gasteiger partial charge in [-0.1, -0.05) is 35.9 Å². The van der Waals surface area contributed by atoms with Crippen LogP contribution in [-0.2, 0) is 16.0 Å². The van der Waals surface area contributed by atoms with Crippen molar-refractivity contribution in [2.45, 2.75) is 6.42 Å². The van der Waals surface area contributed by atoms with Gasteiger partial charge in [-0.2, -0.15) is 0 Å². The molecule has 4 nitrogen and oxygen atoms in total. The van der Waals surface area contributed by atoms with Gasteiger partial charge in [0.1, 0.15) is 0 Å². The molecule has 0 bridgehead atoms. The second-order valence-corrected chi connectivity index (χ2v) is 5.86. The van der Waals surface area contributed by atoms with E-state index in [1.807, 2.05) is 18.2 Å². The molecule has 0 saturated carbocycles. The quantitative estimate of drug-likeness (QED) is 0.798. The standard InChI is InChI=1S/C16H14BrClN2O2/c17-13-3-1-2-4-14(13)20-16(22)15(21)19-10-9-11-5-7-12(18)8-6-11/h1-8H,9-10H2,(H,19,21)(H,20,22). The van der Waals surface area contributed by atoms with Crippen molar-refractivity contribution in [1.82, 2.24) is 5.32 Å². The van der Waals surface area contributed by atoms with Gasteiger partial charge in [-0.05, 0) is 52.2 Å². The van der Waals surface area contributed by atoms with Gasteiger partial charge in [-0.15, -0.1) is 0 Å². The fourth-order valence-electron chi connectivity index (χ4n) is 1.79. The fourth-order valence-corrected chi connectivity index (χ4v) is 2.30. The highest BCUT2D eigenvalue weighted by atomic mass is 79.9. The van der Waals surface area contributed by atoms with Crippen LogP contribution in [-0.4, -0.2) is 18.4 Å². The molecule has 2 rings (SSSR count). The molecule has 0 unspecified atom stereocenters. The summed E-state index contributed by atoms with van der Waals surface area (Å²) in [5.74, 6) is -1.35. The van der Waals surface area contributed by atoms with Crippen molar-refractivity contribution in [1.29, 1.82) is 0 Å². The lowest BCUT2D eigenvalue weighted by Gasteiger charge is -2.08. The first-order valence-corrected chi connectivity index (χ1v) is 7.81. The monoisotopic (exact) mass is 380 g/mol. The van der Waals surface area contributed by atoms with Crippen LogP contribution in [0, 0.1) is 0 Å². The molecule has 0 aromatic heterocycles. The van der Waals surface area contributed by atoms with E-state index in [9.17, 15) is 9.59 Å². The third-order valence-electron chi connectivity index (χ3n) is 2.94. The van der Waals surface area contributed by atoms with Crippen molar-refractivity contribution in [3.8, 4) is 0 Å². The second kappa shape index (κ2) is 7.96. The first kappa shape index (κ1) is 16.5. The van der Waals surface area contributed by atoms with E-state index in [2.05, 4.69) is 26.6 Å². The van der Waals surface area contributed by atoms with Crippen LogP contribution in [0.5, 0.6) is 0 Å². The predicted octanol–water partition coefficient (Wildman–Crippen LogP) is 3.40. The summed E-state index contributed by atoms with van der Waals surface area (Å²) in [7, 11) is 0. The van der Waals surface area contributed by atoms with Crippen LogP contribution >= 0.6 is 27.5 Å². The van der Waals surface area contributed by atoms with Crippen LogP contribution < -0.4 is 10.6 Å². The normalized spacial score (nSPS) is 10.1. The average Bonchev–Trinajstić information content (AvgIpc) is 2.51. The summed E-state index contributed by atoms with van der Waals surface area (Å²) in [6.07, 6.45) is 0.630. The van der Waals surface area contributed by atoms with E-state index in [1.165, 1.54) is 0 Å². The zero-order chi connectivity index (χ0) is 15.9. The molecule has 0 saturated heterocycles. The van der Waals surface area contributed by atoms with Crippen molar-refractivity contribution in [2.75, 3.05) is 11.9 Å². The van der Waals surface area contributed by atoms with Crippen molar-refractivity contribution in [3.63, 3.8) is 0 Å². The summed E-state index contributed by atoms with van der Waals surface area (Å²) in [4.78, 5) is 23.5. The lowest BCUT2D eigenvalue weighted by atomic mass is 10.1. The molecule has 0 aliphatic rings. The Labute approximate surface area is 142 Å². The molecule has 0 heterocycles. The van der Waals surface area contributed by atoms with Crippen LogP contribution in [0.3, 0.4) is 0 Å². The van der Waals surface area contributed by atoms with Crippen LogP contribution in [0.25, 0.3) is 0 Å². The second-order valence-electron chi connectivity index (χ2n) is 4.57. The number of amides is 2. The number of halogens is 2. The predicted molar refractivity (Wildman–Crippen MR) is 90.9 cm³/mol. The van der Waals surface area contributed by atoms with Gasteiger partial charge < -0.3 is 10.6 Å². The minimum absolute atomic E-state index is 0.379. The highest BCUT2D eigenvalue weighted by Crippen LogP contribution is 2.20.